The maximum absolute atomic E-state index is 13.3. The Kier molecular flexibility index (Phi) is 17.0. The fraction of sp³-hybridized carbons (Fsp3) is 0.565. The molecule has 4 aromatic heterocycles. The van der Waals surface area contributed by atoms with E-state index in [9.17, 15) is 46.1 Å². The highest BCUT2D eigenvalue weighted by molar-refractivity contribution is 7.12. The first-order valence-electron chi connectivity index (χ1n) is 22.2. The van der Waals surface area contributed by atoms with Crippen LogP contribution >= 0.6 is 45.3 Å². The van der Waals surface area contributed by atoms with E-state index in [2.05, 4.69) is 13.8 Å². The topological polar surface area (TPSA) is 173 Å². The van der Waals surface area contributed by atoms with Crippen LogP contribution in [-0.4, -0.2) is 120 Å². The lowest BCUT2D eigenvalue weighted by atomic mass is 9.82. The molecule has 0 spiro atoms. The van der Waals surface area contributed by atoms with Gasteiger partial charge in [0.25, 0.3) is 0 Å². The van der Waals surface area contributed by atoms with Crippen LogP contribution in [-0.2, 0) is 39.9 Å². The number of fused-ring (bicyclic) bond motifs is 6. The van der Waals surface area contributed by atoms with Gasteiger partial charge in [-0.05, 0) is 58.6 Å². The molecule has 2 atom stereocenters. The van der Waals surface area contributed by atoms with Crippen molar-refractivity contribution >= 4 is 69.2 Å². The van der Waals surface area contributed by atoms with E-state index in [-0.39, 0.29) is 12.2 Å². The maximum Gasteiger partial charge on any atom is 0.430 e. The number of aliphatic hydroxyl groups is 2. The van der Waals surface area contributed by atoms with Gasteiger partial charge in [-0.1, -0.05) is 38.1 Å². The van der Waals surface area contributed by atoms with Gasteiger partial charge in [0.15, 0.2) is 12.2 Å². The molecular weight excluding hydrogens is 983 g/mol. The predicted molar refractivity (Wildman–Crippen MR) is 238 cm³/mol. The van der Waals surface area contributed by atoms with Gasteiger partial charge in [0, 0.05) is 49.4 Å². The maximum atomic E-state index is 13.3. The minimum atomic E-state index is -5.19. The molecule has 0 amide bonds. The number of piperidine rings is 6. The van der Waals surface area contributed by atoms with E-state index in [0.717, 1.165) is 60.2 Å². The van der Waals surface area contributed by atoms with Crippen LogP contribution in [0.25, 0.3) is 0 Å². The average Bonchev–Trinajstić information content (AvgIpc) is 3.94. The number of rotatable bonds is 12. The molecule has 1 aliphatic carbocycles. The molecule has 0 unspecified atom stereocenters. The lowest BCUT2D eigenvalue weighted by molar-refractivity contribution is -0.948. The molecule has 12 nitrogen and oxygen atoms in total. The molecule has 7 aliphatic rings. The summed E-state index contributed by atoms with van der Waals surface area (Å²) < 4.78 is 77.4. The van der Waals surface area contributed by atoms with E-state index in [0.29, 0.717) is 37.3 Å². The normalized spacial score (nSPS) is 25.5. The Morgan fingerprint density at radius 1 is 0.603 bits per heavy atom. The second kappa shape index (κ2) is 21.6. The minimum Gasteiger partial charge on any atom is -0.542 e. The smallest absolute Gasteiger partial charge is 0.430 e. The molecule has 10 heterocycles. The molecule has 4 aromatic rings. The third-order valence-electron chi connectivity index (χ3n) is 13.3. The summed E-state index contributed by atoms with van der Waals surface area (Å²) in [6.45, 7) is 13.6. The number of halogens is 6. The number of carbonyl (C=O) groups excluding carboxylic acids is 4. The van der Waals surface area contributed by atoms with E-state index < -0.39 is 47.4 Å². The van der Waals surface area contributed by atoms with Crippen molar-refractivity contribution in [3.63, 3.8) is 0 Å². The van der Waals surface area contributed by atoms with Crippen molar-refractivity contribution < 1.29 is 84.4 Å². The second-order valence-electron chi connectivity index (χ2n) is 18.6. The van der Waals surface area contributed by atoms with Crippen LogP contribution in [0.4, 0.5) is 26.3 Å². The highest BCUT2D eigenvalue weighted by atomic mass is 32.1. The molecule has 2 N–H and O–H groups in total. The van der Waals surface area contributed by atoms with E-state index in [1.165, 1.54) is 90.9 Å². The lowest BCUT2D eigenvalue weighted by Crippen LogP contribution is -2.65. The van der Waals surface area contributed by atoms with Gasteiger partial charge in [0.1, 0.15) is 25.0 Å². The zero-order valence-electron chi connectivity index (χ0n) is 37.2. The average molecular weight is 1040 g/mol. The SMILES string of the molecule is CC(C)C[N+]12CCC(CC1)[C@@H](OC(=O)C(O)(c1cccs1)c1cccs1)C2.O=C(O[C@H]1C[N+]2(CC3CC3)CCC1CC2)C(O)(c1cccs1)c1cccs1.O=C([O-])C(F)(F)F.O=C([O-])C(F)(F)F. The van der Waals surface area contributed by atoms with Crippen molar-refractivity contribution in [2.45, 2.75) is 88.1 Å². The summed E-state index contributed by atoms with van der Waals surface area (Å²) >= 11 is 5.59. The molecule has 1 saturated carbocycles. The molecule has 6 aliphatic heterocycles. The van der Waals surface area contributed by atoms with E-state index in [1.807, 2.05) is 70.1 Å². The van der Waals surface area contributed by atoms with Gasteiger partial charge in [0.05, 0.1) is 58.8 Å². The number of thiophene rings is 4. The first-order valence-corrected chi connectivity index (χ1v) is 25.7. The molecule has 7 fully saturated rings. The van der Waals surface area contributed by atoms with Crippen LogP contribution in [0.15, 0.2) is 70.1 Å². The third-order valence-corrected chi connectivity index (χ3v) is 17.2. The highest BCUT2D eigenvalue weighted by Gasteiger charge is 2.53. The molecule has 0 aromatic carbocycles. The van der Waals surface area contributed by atoms with Crippen LogP contribution in [0.1, 0.15) is 71.9 Å². The molecule has 4 bridgehead atoms. The Balaban J connectivity index is 0.000000176. The molecular formula is C46H54F6N2O10S4. The number of alkyl halides is 6. The monoisotopic (exact) mass is 1040 g/mol. The quantitative estimate of drug-likeness (QED) is 0.0966. The van der Waals surface area contributed by atoms with Crippen molar-refractivity contribution in [1.82, 2.24) is 0 Å². The van der Waals surface area contributed by atoms with E-state index >= 15 is 0 Å². The standard InChI is InChI=1S/C21H26NO3S2.C21H28NO3S2.2C2HF3O2/c23-20(21(24,18-3-1-11-26-18)19-4-2-12-27-19)25-17-14-22(13-15-5-6-15)9-7-16(17)8-10-22;1-15(2)13-22-9-7-16(8-10-22)17(14-22)25-20(23)21(24,18-5-3-11-26-18)19-6-4-12-27-19;2*3-2(4,5)1(6)7/h1-4,11-12,15-17,24H,5-10,13-14H2;3-6,11-12,15-17,24H,7-10,13-14H2,1-2H3;2*(H,6,7)/q2*+1;;/p-2/t2*16?,17-,22?;;/m00../s1. The Bertz CT molecular complexity index is 2030. The number of carboxylic acid groups (broad SMARTS) is 2. The number of carbonyl (C=O) groups is 4. The van der Waals surface area contributed by atoms with Gasteiger partial charge in [-0.2, -0.15) is 26.3 Å². The fourth-order valence-electron chi connectivity index (χ4n) is 9.87. The van der Waals surface area contributed by atoms with Gasteiger partial charge < -0.3 is 48.5 Å². The highest BCUT2D eigenvalue weighted by Crippen LogP contribution is 2.44. The van der Waals surface area contributed by atoms with Gasteiger partial charge in [-0.3, -0.25) is 0 Å². The number of aliphatic carboxylic acids is 2. The van der Waals surface area contributed by atoms with Gasteiger partial charge in [0.2, 0.25) is 11.2 Å². The summed E-state index contributed by atoms with van der Waals surface area (Å²) in [5.41, 5.74) is -3.38. The summed E-state index contributed by atoms with van der Waals surface area (Å²) in [6, 6.07) is 14.7. The fourth-order valence-corrected chi connectivity index (χ4v) is 13.3. The summed E-state index contributed by atoms with van der Waals surface area (Å²) in [5.74, 6) is -4.65. The number of nitrogens with zero attached hydrogens (tertiary/aromatic N) is 2. The third kappa shape index (κ3) is 12.7. The second-order valence-corrected chi connectivity index (χ2v) is 22.4. The van der Waals surface area contributed by atoms with Crippen molar-refractivity contribution in [2.75, 3.05) is 52.4 Å². The Hall–Kier alpha value is -3.90. The first kappa shape index (κ1) is 53.5. The number of ether oxygens (including phenoxy) is 2. The molecule has 6 saturated heterocycles. The summed E-state index contributed by atoms with van der Waals surface area (Å²) in [5, 5.41) is 48.0. The van der Waals surface area contributed by atoms with Crippen LogP contribution in [0.3, 0.4) is 0 Å². The molecule has 374 valence electrons. The van der Waals surface area contributed by atoms with Gasteiger partial charge >= 0.3 is 24.3 Å². The minimum absolute atomic E-state index is 0.0646. The molecule has 0 radical (unpaired) electrons. The zero-order chi connectivity index (χ0) is 49.7. The summed E-state index contributed by atoms with van der Waals surface area (Å²) in [7, 11) is 0. The molecule has 22 heteroatoms. The first-order chi connectivity index (χ1) is 31.9. The van der Waals surface area contributed by atoms with Crippen LogP contribution in [0.2, 0.25) is 0 Å². The number of hydrogen-bond donors (Lipinski definition) is 2. The van der Waals surface area contributed by atoms with Crippen LogP contribution in [0, 0.1) is 23.7 Å². The predicted octanol–water partition coefficient (Wildman–Crippen LogP) is 6.06. The van der Waals surface area contributed by atoms with Crippen molar-refractivity contribution in [1.29, 1.82) is 0 Å². The van der Waals surface area contributed by atoms with Crippen molar-refractivity contribution in [3.05, 3.63) is 89.6 Å². The Labute approximate surface area is 405 Å². The zero-order valence-corrected chi connectivity index (χ0v) is 40.5. The number of esters is 2. The van der Waals surface area contributed by atoms with E-state index in [1.54, 1.807) is 0 Å². The Morgan fingerprint density at radius 3 is 1.18 bits per heavy atom. The van der Waals surface area contributed by atoms with Crippen molar-refractivity contribution in [2.24, 2.45) is 23.7 Å². The lowest BCUT2D eigenvalue weighted by Gasteiger charge is -2.53. The number of hydrogen-bond acceptors (Lipinski definition) is 14. The summed E-state index contributed by atoms with van der Waals surface area (Å²) in [4.78, 5) is 46.6. The van der Waals surface area contributed by atoms with Gasteiger partial charge in [-0.15, -0.1) is 45.3 Å². The number of quaternary nitrogens is 2. The largest absolute Gasteiger partial charge is 0.542 e. The Morgan fingerprint density at radius 2 is 0.912 bits per heavy atom. The van der Waals surface area contributed by atoms with E-state index in [4.69, 9.17) is 29.3 Å². The van der Waals surface area contributed by atoms with Gasteiger partial charge in [-0.25, -0.2) is 9.59 Å². The van der Waals surface area contributed by atoms with Crippen LogP contribution < -0.4 is 10.2 Å². The van der Waals surface area contributed by atoms with Crippen LogP contribution in [0.5, 0.6) is 0 Å². The van der Waals surface area contributed by atoms with Crippen molar-refractivity contribution in [3.8, 4) is 0 Å². The molecule has 11 rings (SSSR count). The molecule has 68 heavy (non-hydrogen) atoms. The number of carboxylic acids is 2. The summed E-state index contributed by atoms with van der Waals surface area (Å²) in [6.07, 6.45) is -3.31.